The lowest BCUT2D eigenvalue weighted by atomic mass is 10.0. The molecular weight excluding hydrogens is 409 g/mol. The highest BCUT2D eigenvalue weighted by Crippen LogP contribution is 2.29. The van der Waals surface area contributed by atoms with Gasteiger partial charge in [0, 0.05) is 43.6 Å². The molecule has 0 bridgehead atoms. The molecule has 2 aromatic heterocycles. The number of rotatable bonds is 5. The Morgan fingerprint density at radius 2 is 1.90 bits per heavy atom. The average Bonchev–Trinajstić information content (AvgIpc) is 2.88. The molecule has 1 aliphatic heterocycles. The van der Waals surface area contributed by atoms with E-state index in [0.717, 1.165) is 24.2 Å². The molecule has 1 aliphatic rings. The molecule has 0 aromatic carbocycles. The minimum Gasteiger partial charge on any atom is -0.355 e. The molecule has 31 heavy (non-hydrogen) atoms. The van der Waals surface area contributed by atoms with Crippen LogP contribution in [0.15, 0.2) is 18.3 Å². The van der Waals surface area contributed by atoms with Gasteiger partial charge in [0.05, 0.1) is 5.56 Å². The van der Waals surface area contributed by atoms with Crippen LogP contribution in [0.3, 0.4) is 0 Å². The number of ketones is 1. The third kappa shape index (κ3) is 4.91. The Bertz CT molecular complexity index is 951. The van der Waals surface area contributed by atoms with Crippen molar-refractivity contribution >= 4 is 17.5 Å². The maximum Gasteiger partial charge on any atom is 0.417 e. The highest BCUT2D eigenvalue weighted by Gasteiger charge is 2.31. The third-order valence-corrected chi connectivity index (χ3v) is 5.54. The zero-order valence-corrected chi connectivity index (χ0v) is 18.0. The maximum absolute atomic E-state index is 13.3. The van der Waals surface area contributed by atoms with Crippen molar-refractivity contribution in [2.75, 3.05) is 31.1 Å². The van der Waals surface area contributed by atoms with Crippen LogP contribution in [-0.2, 0) is 12.6 Å². The van der Waals surface area contributed by atoms with Gasteiger partial charge in [-0.3, -0.25) is 9.59 Å². The summed E-state index contributed by atoms with van der Waals surface area (Å²) in [5, 5.41) is 0. The van der Waals surface area contributed by atoms with Crippen molar-refractivity contribution in [1.82, 2.24) is 14.9 Å². The van der Waals surface area contributed by atoms with Crippen molar-refractivity contribution in [2.24, 2.45) is 0 Å². The molecule has 3 heterocycles. The number of hydrogen-bond acceptors (Lipinski definition) is 4. The van der Waals surface area contributed by atoms with Gasteiger partial charge in [-0.2, -0.15) is 13.2 Å². The first-order valence-electron chi connectivity index (χ1n) is 10.4. The first-order chi connectivity index (χ1) is 14.6. The third-order valence-electron chi connectivity index (χ3n) is 5.54. The molecule has 1 N–H and O–H groups in total. The van der Waals surface area contributed by atoms with Crippen molar-refractivity contribution in [1.29, 1.82) is 0 Å². The normalized spacial score (nSPS) is 15.2. The van der Waals surface area contributed by atoms with E-state index in [9.17, 15) is 22.8 Å². The Morgan fingerprint density at radius 1 is 1.16 bits per heavy atom. The minimum absolute atomic E-state index is 0.0633. The lowest BCUT2D eigenvalue weighted by Gasteiger charge is -2.23. The van der Waals surface area contributed by atoms with E-state index >= 15 is 0 Å². The summed E-state index contributed by atoms with van der Waals surface area (Å²) in [6.45, 7) is 7.30. The van der Waals surface area contributed by atoms with Gasteiger partial charge in [0.15, 0.2) is 5.78 Å². The Morgan fingerprint density at radius 3 is 2.48 bits per heavy atom. The van der Waals surface area contributed by atoms with E-state index in [1.165, 1.54) is 13.0 Å². The second-order valence-corrected chi connectivity index (χ2v) is 7.82. The number of aromatic amines is 1. The summed E-state index contributed by atoms with van der Waals surface area (Å²) in [7, 11) is 0. The average molecular weight is 436 g/mol. The van der Waals surface area contributed by atoms with Crippen LogP contribution in [0.2, 0.25) is 0 Å². The molecule has 0 radical (unpaired) electrons. The van der Waals surface area contributed by atoms with Crippen LogP contribution in [0.4, 0.5) is 19.0 Å². The van der Waals surface area contributed by atoms with Crippen LogP contribution in [0, 0.1) is 6.92 Å². The predicted octanol–water partition coefficient (Wildman–Crippen LogP) is 4.24. The molecule has 0 saturated carbocycles. The number of halogens is 3. The van der Waals surface area contributed by atoms with Crippen molar-refractivity contribution in [3.05, 3.63) is 46.4 Å². The van der Waals surface area contributed by atoms with Gasteiger partial charge < -0.3 is 14.8 Å². The predicted molar refractivity (Wildman–Crippen MR) is 112 cm³/mol. The second kappa shape index (κ2) is 9.11. The Balaban J connectivity index is 1.76. The topological polar surface area (TPSA) is 69.3 Å². The molecule has 3 rings (SSSR count). The van der Waals surface area contributed by atoms with Crippen LogP contribution in [-0.4, -0.2) is 52.7 Å². The summed E-state index contributed by atoms with van der Waals surface area (Å²) < 4.78 is 38.3. The summed E-state index contributed by atoms with van der Waals surface area (Å²) in [6, 6.07) is 2.39. The number of carbonyl (C=O) groups excluding carboxylic acids is 2. The molecule has 2 aromatic rings. The molecule has 9 heteroatoms. The molecule has 1 saturated heterocycles. The smallest absolute Gasteiger partial charge is 0.355 e. The number of aryl methyl sites for hydroxylation is 1. The number of aromatic nitrogens is 2. The number of pyridine rings is 1. The van der Waals surface area contributed by atoms with Gasteiger partial charge in [-0.25, -0.2) is 4.98 Å². The fourth-order valence-corrected chi connectivity index (χ4v) is 4.08. The highest BCUT2D eigenvalue weighted by atomic mass is 19.4. The van der Waals surface area contributed by atoms with Crippen LogP contribution in [0.5, 0.6) is 0 Å². The standard InChI is InChI=1S/C22H27F3N4O2/c1-4-6-17-19(15(3)30)14(2)27-20(17)21(31)29-10-5-9-28(11-12-29)18-8-7-16(13-26-18)22(23,24)25/h7-8,13,27H,4-6,9-12H2,1-3H3. The first kappa shape index (κ1) is 22.8. The molecule has 1 fully saturated rings. The Kier molecular flexibility index (Phi) is 6.71. The number of anilines is 1. The van der Waals surface area contributed by atoms with Crippen LogP contribution in [0.1, 0.15) is 64.4 Å². The fraction of sp³-hybridized carbons (Fsp3) is 0.500. The van der Waals surface area contributed by atoms with Gasteiger partial charge in [0.2, 0.25) is 0 Å². The van der Waals surface area contributed by atoms with Gasteiger partial charge in [0.1, 0.15) is 11.5 Å². The monoisotopic (exact) mass is 436 g/mol. The molecule has 6 nitrogen and oxygen atoms in total. The van der Waals surface area contributed by atoms with Crippen LogP contribution in [0.25, 0.3) is 0 Å². The van der Waals surface area contributed by atoms with Crippen molar-refractivity contribution in [2.45, 2.75) is 46.2 Å². The van der Waals surface area contributed by atoms with E-state index in [4.69, 9.17) is 0 Å². The van der Waals surface area contributed by atoms with Crippen molar-refractivity contribution in [3.63, 3.8) is 0 Å². The summed E-state index contributed by atoms with van der Waals surface area (Å²) in [6.07, 6.45) is -1.47. The fourth-order valence-electron chi connectivity index (χ4n) is 4.08. The lowest BCUT2D eigenvalue weighted by Crippen LogP contribution is -2.36. The lowest BCUT2D eigenvalue weighted by molar-refractivity contribution is -0.137. The number of H-pyrrole nitrogens is 1. The molecule has 1 amide bonds. The summed E-state index contributed by atoms with van der Waals surface area (Å²) in [5.41, 5.74) is 1.74. The van der Waals surface area contributed by atoms with E-state index in [2.05, 4.69) is 9.97 Å². The van der Waals surface area contributed by atoms with E-state index in [1.54, 1.807) is 11.8 Å². The number of Topliss-reactive ketones (excluding diaryl/α,β-unsaturated/α-hetero) is 1. The number of amides is 1. The van der Waals surface area contributed by atoms with E-state index in [0.29, 0.717) is 61.8 Å². The molecule has 0 atom stereocenters. The molecule has 168 valence electrons. The Hall–Kier alpha value is -2.84. The number of alkyl halides is 3. The van der Waals surface area contributed by atoms with E-state index < -0.39 is 11.7 Å². The van der Waals surface area contributed by atoms with Gasteiger partial charge in [0.25, 0.3) is 5.91 Å². The molecule has 0 spiro atoms. The van der Waals surface area contributed by atoms with Crippen LogP contribution < -0.4 is 4.90 Å². The van der Waals surface area contributed by atoms with Gasteiger partial charge in [-0.15, -0.1) is 0 Å². The highest BCUT2D eigenvalue weighted by molar-refractivity contribution is 6.02. The quantitative estimate of drug-likeness (QED) is 0.712. The number of carbonyl (C=O) groups is 2. The number of nitrogens with one attached hydrogen (secondary N) is 1. The summed E-state index contributed by atoms with van der Waals surface area (Å²) >= 11 is 0. The van der Waals surface area contributed by atoms with E-state index in [1.807, 2.05) is 11.8 Å². The van der Waals surface area contributed by atoms with Gasteiger partial charge >= 0.3 is 6.18 Å². The van der Waals surface area contributed by atoms with Crippen LogP contribution >= 0.6 is 0 Å². The van der Waals surface area contributed by atoms with E-state index in [-0.39, 0.29) is 11.7 Å². The van der Waals surface area contributed by atoms with Crippen molar-refractivity contribution < 1.29 is 22.8 Å². The van der Waals surface area contributed by atoms with Gasteiger partial charge in [-0.1, -0.05) is 13.3 Å². The summed E-state index contributed by atoms with van der Waals surface area (Å²) in [5.74, 6) is 0.247. The number of nitrogens with zero attached hydrogens (tertiary/aromatic N) is 3. The summed E-state index contributed by atoms with van der Waals surface area (Å²) in [4.78, 5) is 36.1. The second-order valence-electron chi connectivity index (χ2n) is 7.82. The minimum atomic E-state index is -4.42. The molecule has 0 unspecified atom stereocenters. The zero-order valence-electron chi connectivity index (χ0n) is 18.0. The molecule has 0 aliphatic carbocycles. The van der Waals surface area contributed by atoms with Gasteiger partial charge in [-0.05, 0) is 44.4 Å². The first-order valence-corrected chi connectivity index (χ1v) is 10.4. The maximum atomic E-state index is 13.3. The Labute approximate surface area is 179 Å². The van der Waals surface area contributed by atoms with Crippen molar-refractivity contribution in [3.8, 4) is 0 Å². The largest absolute Gasteiger partial charge is 0.417 e. The number of hydrogen-bond donors (Lipinski definition) is 1. The zero-order chi connectivity index (χ0) is 22.8. The SMILES string of the molecule is CCCc1c(C(=O)N2CCCN(c3ccc(C(F)(F)F)cn3)CC2)[nH]c(C)c1C(C)=O. The molecular formula is C22H27F3N4O2.